The Morgan fingerprint density at radius 3 is 1.23 bits per heavy atom. The predicted octanol–water partition coefficient (Wildman–Crippen LogP) is 9.02. The Morgan fingerprint density at radius 2 is 0.905 bits per heavy atom. The van der Waals surface area contributed by atoms with Gasteiger partial charge in [-0.05, 0) is 112 Å². The first-order chi connectivity index (χ1) is 34.7. The third-order valence-corrected chi connectivity index (χ3v) is 13.3. The van der Waals surface area contributed by atoms with Gasteiger partial charge in [-0.15, -0.1) is 0 Å². The number of carbonyl (C=O) groups excluding carboxylic acids is 6. The largest absolute Gasteiger partial charge is 0.480 e. The molecule has 6 N–H and O–H groups in total. The molecule has 0 bridgehead atoms. The van der Waals surface area contributed by atoms with Gasteiger partial charge in [0.2, 0.25) is 0 Å². The molecule has 0 aromatic rings. The minimum absolute atomic E-state index is 0.224. The molecule has 0 aliphatic heterocycles. The zero-order valence-corrected chi connectivity index (χ0v) is 46.5. The van der Waals surface area contributed by atoms with Gasteiger partial charge in [-0.25, -0.2) is 19.2 Å². The molecule has 2 aliphatic carbocycles. The monoisotopic (exact) mass is 1060 g/mol. The van der Waals surface area contributed by atoms with E-state index in [0.29, 0.717) is 22.7 Å². The third-order valence-electron chi connectivity index (χ3n) is 12.0. The molecule has 16 nitrogen and oxygen atoms in total. The van der Waals surface area contributed by atoms with Crippen molar-refractivity contribution in [3.8, 4) is 0 Å². The fourth-order valence-electron chi connectivity index (χ4n) is 7.87. The van der Waals surface area contributed by atoms with E-state index in [-0.39, 0.29) is 37.2 Å². The maximum atomic E-state index is 13.3. The van der Waals surface area contributed by atoms with Gasteiger partial charge in [-0.2, -0.15) is 23.5 Å². The minimum Gasteiger partial charge on any atom is -0.480 e. The molecule has 4 amide bonds. The van der Waals surface area contributed by atoms with Gasteiger partial charge in [0.1, 0.15) is 25.2 Å². The second-order valence-corrected chi connectivity index (χ2v) is 21.3. The highest BCUT2D eigenvalue weighted by atomic mass is 32.2. The quantitative estimate of drug-likeness (QED) is 0.0350. The smallest absolute Gasteiger partial charge is 0.326 e. The van der Waals surface area contributed by atoms with Crippen molar-refractivity contribution in [2.24, 2.45) is 10.8 Å². The van der Waals surface area contributed by atoms with Gasteiger partial charge in [-0.1, -0.05) is 135 Å². The number of carboxylic acid groups (broad SMARTS) is 2. The fourth-order valence-corrected chi connectivity index (χ4v) is 8.81. The lowest BCUT2D eigenvalue weighted by molar-refractivity contribution is -0.155. The molecule has 0 heterocycles. The van der Waals surface area contributed by atoms with Gasteiger partial charge in [0.25, 0.3) is 0 Å². The van der Waals surface area contributed by atoms with Gasteiger partial charge < -0.3 is 41.0 Å². The molecule has 404 valence electrons. The molecule has 0 aromatic heterocycles. The van der Waals surface area contributed by atoms with Crippen LogP contribution < -0.4 is 21.3 Å². The Morgan fingerprint density at radius 1 is 0.581 bits per heavy atom. The number of rotatable bonds is 26. The zero-order valence-electron chi connectivity index (χ0n) is 44.8. The maximum absolute atomic E-state index is 13.3. The summed E-state index contributed by atoms with van der Waals surface area (Å²) < 4.78 is 11.0. The van der Waals surface area contributed by atoms with Gasteiger partial charge >= 0.3 is 35.9 Å². The maximum Gasteiger partial charge on any atom is 0.326 e. The van der Waals surface area contributed by atoms with Crippen LogP contribution in [0.2, 0.25) is 0 Å². The van der Waals surface area contributed by atoms with Crippen LogP contribution in [0.5, 0.6) is 0 Å². The summed E-state index contributed by atoms with van der Waals surface area (Å²) >= 11 is 2.90. The Hall–Kier alpha value is -6.40. The molecule has 2 rings (SSSR count). The summed E-state index contributed by atoms with van der Waals surface area (Å²) in [6.45, 7) is 18.1. The third kappa shape index (κ3) is 22.4. The molecule has 0 spiro atoms. The molecule has 0 aromatic carbocycles. The van der Waals surface area contributed by atoms with Crippen LogP contribution in [0.3, 0.4) is 0 Å². The number of ether oxygens (including phenoxy) is 2. The van der Waals surface area contributed by atoms with E-state index in [0.717, 1.165) is 33.4 Å². The molecular weight excluding hydrogens is 985 g/mol. The van der Waals surface area contributed by atoms with Crippen molar-refractivity contribution >= 4 is 71.0 Å². The fraction of sp³-hybridized carbons (Fsp3) is 0.464. The summed E-state index contributed by atoms with van der Waals surface area (Å²) in [5.41, 5.74) is 5.58. The molecule has 4 unspecified atom stereocenters. The molecule has 0 saturated carbocycles. The van der Waals surface area contributed by atoms with Crippen LogP contribution in [0.4, 0.5) is 9.59 Å². The topological polar surface area (TPSA) is 244 Å². The Bertz CT molecular complexity index is 2280. The molecular formula is C56H76N4O12S2. The van der Waals surface area contributed by atoms with Crippen molar-refractivity contribution in [2.75, 3.05) is 37.1 Å². The van der Waals surface area contributed by atoms with Crippen molar-refractivity contribution in [1.82, 2.24) is 21.3 Å². The lowest BCUT2D eigenvalue weighted by atomic mass is 9.71. The van der Waals surface area contributed by atoms with E-state index in [9.17, 15) is 48.6 Å². The molecule has 4 atom stereocenters. The summed E-state index contributed by atoms with van der Waals surface area (Å²) in [4.78, 5) is 99.1. The second kappa shape index (κ2) is 31.4. The van der Waals surface area contributed by atoms with E-state index in [1.54, 1.807) is 13.8 Å². The van der Waals surface area contributed by atoms with Crippen LogP contribution in [0.25, 0.3) is 0 Å². The molecule has 0 saturated heterocycles. The molecule has 74 heavy (non-hydrogen) atoms. The van der Waals surface area contributed by atoms with Gasteiger partial charge in [-0.3, -0.25) is 19.2 Å². The number of esters is 2. The summed E-state index contributed by atoms with van der Waals surface area (Å²) in [5.74, 6) is -3.53. The van der Waals surface area contributed by atoms with Gasteiger partial charge in [0.05, 0.1) is 0 Å². The van der Waals surface area contributed by atoms with Crippen LogP contribution in [0.15, 0.2) is 130 Å². The number of ketones is 2. The number of nitrogens with one attached hydrogen (secondary N) is 4. The Labute approximate surface area is 445 Å². The lowest BCUT2D eigenvalue weighted by Gasteiger charge is -2.36. The molecule has 0 fully saturated rings. The number of allylic oxidation sites excluding steroid dienone is 20. The lowest BCUT2D eigenvalue weighted by Crippen LogP contribution is -2.48. The summed E-state index contributed by atoms with van der Waals surface area (Å²) in [7, 11) is 0. The first-order valence-corrected chi connectivity index (χ1v) is 27.0. The van der Waals surface area contributed by atoms with Crippen LogP contribution in [-0.4, -0.2) is 119 Å². The standard InChI is InChI=1S/C56H76N4O12S2/c1-35(19-15-21-37(3)23-25-41-39(5)49(63)45(31-55(41,7)8)71-47(61)33-57-53(69)59-43(51(65)66)27-29-73-11)17-13-14-18-36(2)20-16-22-38(4)24-26-42-40(6)50(64)46(32-56(42,9)10)72-48(62)34-58-54(70)60-44(52(67)68)28-30-74-12/h13-26,43-46H,27-34H2,1-12H3,(H,65,66)(H,67,68)(H2,57,59,69)(H2,58,60,70)/b14-13+,19-15+,20-16+,25-23+,26-24+,35-17+,36-18+,37-21+,38-22+. The van der Waals surface area contributed by atoms with Crippen molar-refractivity contribution in [3.05, 3.63) is 130 Å². The van der Waals surface area contributed by atoms with Crippen molar-refractivity contribution in [2.45, 2.75) is 119 Å². The van der Waals surface area contributed by atoms with E-state index in [4.69, 9.17) is 9.47 Å². The van der Waals surface area contributed by atoms with E-state index < -0.39 is 84.2 Å². The SMILES string of the molecule is CSCCC(NC(=O)NCC(=O)OC1CC(C)(C)C(/C=C/C(C)=C/C=C/C(C)=C/C=C/C=C(C)/C=C/C=C(C)/C=C/C2=C(C)C(=O)C(OC(=O)CNC(=O)NC(CCSC)C(=O)O)CC2(C)C)=C(C)C1=O)C(=O)O. The normalized spacial score (nSPS) is 19.7. The Kier molecular flexibility index (Phi) is 27.0. The van der Waals surface area contributed by atoms with E-state index in [1.807, 2.05) is 153 Å². The van der Waals surface area contributed by atoms with Crippen LogP contribution in [0.1, 0.15) is 94.9 Å². The highest BCUT2D eigenvalue weighted by Gasteiger charge is 2.41. The van der Waals surface area contributed by atoms with E-state index >= 15 is 0 Å². The molecule has 2 aliphatic rings. The summed E-state index contributed by atoms with van der Waals surface area (Å²) in [6.07, 6.45) is 29.9. The predicted molar refractivity (Wildman–Crippen MR) is 295 cm³/mol. The average molecular weight is 1060 g/mol. The van der Waals surface area contributed by atoms with Crippen molar-refractivity contribution in [3.63, 3.8) is 0 Å². The number of carbonyl (C=O) groups is 8. The average Bonchev–Trinajstić information content (AvgIpc) is 3.31. The number of hydrogen-bond donors (Lipinski definition) is 6. The first kappa shape index (κ1) is 63.7. The number of urea groups is 2. The Balaban J connectivity index is 1.94. The highest BCUT2D eigenvalue weighted by molar-refractivity contribution is 7.98. The number of Topliss-reactive ketones (excluding diaryl/α,β-unsaturated/α-hetero) is 2. The van der Waals surface area contributed by atoms with E-state index in [1.165, 1.54) is 23.5 Å². The highest BCUT2D eigenvalue weighted by Crippen LogP contribution is 2.42. The molecule has 0 radical (unpaired) electrons. The van der Waals surface area contributed by atoms with Crippen molar-refractivity contribution in [1.29, 1.82) is 0 Å². The summed E-state index contributed by atoms with van der Waals surface area (Å²) in [5, 5.41) is 27.9. The number of thioether (sulfide) groups is 2. The van der Waals surface area contributed by atoms with Crippen LogP contribution in [-0.2, 0) is 38.2 Å². The van der Waals surface area contributed by atoms with Crippen LogP contribution >= 0.6 is 23.5 Å². The van der Waals surface area contributed by atoms with Crippen molar-refractivity contribution < 1.29 is 58.0 Å². The summed E-state index contributed by atoms with van der Waals surface area (Å²) in [6, 6.07) is -3.83. The number of carboxylic acids is 2. The number of amides is 4. The van der Waals surface area contributed by atoms with Gasteiger partial charge in [0, 0.05) is 12.8 Å². The van der Waals surface area contributed by atoms with Crippen LogP contribution in [0, 0.1) is 10.8 Å². The first-order valence-electron chi connectivity index (χ1n) is 24.2. The zero-order chi connectivity index (χ0) is 55.8. The number of aliphatic carboxylic acids is 2. The number of hydrogen-bond acceptors (Lipinski definition) is 12. The minimum atomic E-state index is -1.18. The van der Waals surface area contributed by atoms with E-state index in [2.05, 4.69) is 21.3 Å². The molecule has 18 heteroatoms. The second-order valence-electron chi connectivity index (χ2n) is 19.4. The van der Waals surface area contributed by atoms with Gasteiger partial charge in [0.15, 0.2) is 23.8 Å².